The second-order valence-corrected chi connectivity index (χ2v) is 5.21. The Morgan fingerprint density at radius 3 is 2.90 bits per heavy atom. The first-order valence-electron chi connectivity index (χ1n) is 6.98. The Bertz CT molecular complexity index is 429. The number of benzene rings is 1. The summed E-state index contributed by atoms with van der Waals surface area (Å²) in [4.78, 5) is 2.25. The van der Waals surface area contributed by atoms with Gasteiger partial charge in [-0.05, 0) is 38.0 Å². The van der Waals surface area contributed by atoms with Crippen molar-refractivity contribution in [3.63, 3.8) is 0 Å². The number of nitrogens with zero attached hydrogens (tertiary/aromatic N) is 1. The van der Waals surface area contributed by atoms with Crippen LogP contribution in [0.2, 0.25) is 0 Å². The summed E-state index contributed by atoms with van der Waals surface area (Å²) >= 11 is 0. The van der Waals surface area contributed by atoms with Crippen LogP contribution in [0.15, 0.2) is 24.3 Å². The molecule has 1 aliphatic rings. The molecule has 1 aromatic carbocycles. The summed E-state index contributed by atoms with van der Waals surface area (Å²) in [6.45, 7) is 4.30. The highest BCUT2D eigenvalue weighted by Gasteiger charge is 2.27. The van der Waals surface area contributed by atoms with Crippen molar-refractivity contribution in [3.05, 3.63) is 24.3 Å². The molecule has 2 unspecified atom stereocenters. The normalized spacial score (nSPS) is 22.2. The zero-order chi connectivity index (χ0) is 14.5. The molecule has 2 N–H and O–H groups in total. The van der Waals surface area contributed by atoms with Gasteiger partial charge in [0.2, 0.25) is 0 Å². The lowest BCUT2D eigenvalue weighted by Gasteiger charge is -2.26. The highest BCUT2D eigenvalue weighted by atomic mass is 16.5. The number of ether oxygens (including phenoxy) is 2. The molecule has 1 aliphatic heterocycles. The van der Waals surface area contributed by atoms with Crippen molar-refractivity contribution in [2.45, 2.75) is 25.5 Å². The van der Waals surface area contributed by atoms with Crippen LogP contribution in [0.5, 0.6) is 5.75 Å². The predicted molar refractivity (Wildman–Crippen MR) is 78.2 cm³/mol. The van der Waals surface area contributed by atoms with E-state index in [1.165, 1.54) is 0 Å². The quantitative estimate of drug-likeness (QED) is 0.709. The minimum absolute atomic E-state index is 0.271. The van der Waals surface area contributed by atoms with Crippen LogP contribution in [0, 0.1) is 0 Å². The van der Waals surface area contributed by atoms with Crippen molar-refractivity contribution in [1.82, 2.24) is 4.90 Å². The number of hydrogen-bond donors (Lipinski definition) is 2. The first-order valence-corrected chi connectivity index (χ1v) is 6.98. The van der Waals surface area contributed by atoms with Crippen LogP contribution in [0.1, 0.15) is 13.3 Å². The van der Waals surface area contributed by atoms with E-state index in [9.17, 15) is 0 Å². The van der Waals surface area contributed by atoms with Gasteiger partial charge in [-0.15, -0.1) is 0 Å². The third-order valence-corrected chi connectivity index (χ3v) is 3.77. The van der Waals surface area contributed by atoms with Gasteiger partial charge in [-0.3, -0.25) is 4.90 Å². The molecule has 1 aromatic rings. The van der Waals surface area contributed by atoms with Crippen LogP contribution in [-0.4, -0.2) is 61.0 Å². The molecule has 2 atom stereocenters. The SMILES string of the molecule is CC1OCCC1N(C)CCOc1cccc(B(O)O)c1. The molecule has 0 saturated carbocycles. The molecule has 0 bridgehead atoms. The maximum Gasteiger partial charge on any atom is 0.488 e. The van der Waals surface area contributed by atoms with Gasteiger partial charge >= 0.3 is 7.12 Å². The number of likely N-dealkylation sites (N-methyl/N-ethyl adjacent to an activating group) is 1. The molecule has 1 saturated heterocycles. The van der Waals surface area contributed by atoms with Gasteiger partial charge in [-0.25, -0.2) is 0 Å². The molecule has 0 amide bonds. The summed E-state index contributed by atoms with van der Waals surface area (Å²) < 4.78 is 11.2. The Labute approximate surface area is 120 Å². The van der Waals surface area contributed by atoms with E-state index in [1.54, 1.807) is 18.2 Å². The Morgan fingerprint density at radius 2 is 2.25 bits per heavy atom. The fourth-order valence-electron chi connectivity index (χ4n) is 2.54. The van der Waals surface area contributed by atoms with E-state index in [1.807, 2.05) is 6.07 Å². The monoisotopic (exact) mass is 279 g/mol. The minimum Gasteiger partial charge on any atom is -0.492 e. The van der Waals surface area contributed by atoms with Crippen molar-refractivity contribution in [1.29, 1.82) is 0 Å². The van der Waals surface area contributed by atoms with Crippen molar-refractivity contribution >= 4 is 12.6 Å². The van der Waals surface area contributed by atoms with Gasteiger partial charge in [0.15, 0.2) is 0 Å². The van der Waals surface area contributed by atoms with Crippen molar-refractivity contribution in [3.8, 4) is 5.75 Å². The molecule has 110 valence electrons. The molecule has 6 heteroatoms. The fraction of sp³-hybridized carbons (Fsp3) is 0.571. The third-order valence-electron chi connectivity index (χ3n) is 3.77. The number of hydrogen-bond acceptors (Lipinski definition) is 5. The second kappa shape index (κ2) is 7.08. The minimum atomic E-state index is -1.46. The summed E-state index contributed by atoms with van der Waals surface area (Å²) in [7, 11) is 0.616. The second-order valence-electron chi connectivity index (χ2n) is 5.21. The lowest BCUT2D eigenvalue weighted by atomic mass is 9.80. The zero-order valence-corrected chi connectivity index (χ0v) is 12.0. The highest BCUT2D eigenvalue weighted by molar-refractivity contribution is 6.58. The van der Waals surface area contributed by atoms with Crippen molar-refractivity contribution < 1.29 is 19.5 Å². The van der Waals surface area contributed by atoms with Crippen LogP contribution in [-0.2, 0) is 4.74 Å². The number of rotatable bonds is 6. The van der Waals surface area contributed by atoms with Gasteiger partial charge in [0.1, 0.15) is 12.4 Å². The molecule has 0 spiro atoms. The molecule has 1 fully saturated rings. The molecular weight excluding hydrogens is 257 g/mol. The fourth-order valence-corrected chi connectivity index (χ4v) is 2.54. The first kappa shape index (κ1) is 15.3. The average Bonchev–Trinajstić information content (AvgIpc) is 2.85. The Balaban J connectivity index is 1.79. The molecular formula is C14H22BNO4. The maximum atomic E-state index is 9.11. The first-order chi connectivity index (χ1) is 9.58. The van der Waals surface area contributed by atoms with Gasteiger partial charge in [0.25, 0.3) is 0 Å². The van der Waals surface area contributed by atoms with Crippen LogP contribution in [0.3, 0.4) is 0 Å². The van der Waals surface area contributed by atoms with Crippen LogP contribution in [0.4, 0.5) is 0 Å². The van der Waals surface area contributed by atoms with Crippen LogP contribution < -0.4 is 10.2 Å². The Hall–Kier alpha value is -1.08. The molecule has 0 aliphatic carbocycles. The van der Waals surface area contributed by atoms with Crippen molar-refractivity contribution in [2.24, 2.45) is 0 Å². The predicted octanol–water partition coefficient (Wildman–Crippen LogP) is -0.146. The lowest BCUT2D eigenvalue weighted by Crippen LogP contribution is -2.39. The molecule has 2 rings (SSSR count). The third kappa shape index (κ3) is 3.96. The summed E-state index contributed by atoms with van der Waals surface area (Å²) in [5, 5.41) is 18.2. The highest BCUT2D eigenvalue weighted by Crippen LogP contribution is 2.18. The van der Waals surface area contributed by atoms with Gasteiger partial charge in [-0.2, -0.15) is 0 Å². The lowest BCUT2D eigenvalue weighted by molar-refractivity contribution is 0.0787. The molecule has 20 heavy (non-hydrogen) atoms. The van der Waals surface area contributed by atoms with E-state index in [-0.39, 0.29) is 6.10 Å². The molecule has 0 aromatic heterocycles. The average molecular weight is 279 g/mol. The largest absolute Gasteiger partial charge is 0.492 e. The Kier molecular flexibility index (Phi) is 5.42. The summed E-state index contributed by atoms with van der Waals surface area (Å²) in [6.07, 6.45) is 1.33. The van der Waals surface area contributed by atoms with E-state index in [2.05, 4.69) is 18.9 Å². The molecule has 5 nitrogen and oxygen atoms in total. The summed E-state index contributed by atoms with van der Waals surface area (Å²) in [5.41, 5.74) is 0.439. The topological polar surface area (TPSA) is 62.2 Å². The van der Waals surface area contributed by atoms with E-state index in [0.29, 0.717) is 23.9 Å². The standard InChI is InChI=1S/C14H22BNO4/c1-11-14(6-8-19-11)16(2)7-9-20-13-5-3-4-12(10-13)15(17)18/h3-5,10-11,14,17-18H,6-9H2,1-2H3. The summed E-state index contributed by atoms with van der Waals surface area (Å²) in [5.74, 6) is 0.653. The van der Waals surface area contributed by atoms with Crippen LogP contribution >= 0.6 is 0 Å². The van der Waals surface area contributed by atoms with Crippen molar-refractivity contribution in [2.75, 3.05) is 26.8 Å². The van der Waals surface area contributed by atoms with Crippen LogP contribution in [0.25, 0.3) is 0 Å². The molecule has 1 heterocycles. The van der Waals surface area contributed by atoms with E-state index < -0.39 is 7.12 Å². The maximum absolute atomic E-state index is 9.11. The Morgan fingerprint density at radius 1 is 1.45 bits per heavy atom. The van der Waals surface area contributed by atoms with E-state index in [0.717, 1.165) is 19.6 Å². The smallest absolute Gasteiger partial charge is 0.488 e. The summed E-state index contributed by atoms with van der Waals surface area (Å²) in [6, 6.07) is 7.31. The van der Waals surface area contributed by atoms with Gasteiger partial charge in [0, 0.05) is 19.2 Å². The van der Waals surface area contributed by atoms with Gasteiger partial charge in [-0.1, -0.05) is 12.1 Å². The van der Waals surface area contributed by atoms with E-state index >= 15 is 0 Å². The van der Waals surface area contributed by atoms with Gasteiger partial charge in [0.05, 0.1) is 6.10 Å². The van der Waals surface area contributed by atoms with Gasteiger partial charge < -0.3 is 19.5 Å². The van der Waals surface area contributed by atoms with E-state index in [4.69, 9.17) is 19.5 Å². The molecule has 0 radical (unpaired) electrons. The zero-order valence-electron chi connectivity index (χ0n) is 12.0.